The first-order valence-electron chi connectivity index (χ1n) is 8.49. The monoisotopic (exact) mass is 360 g/mol. The highest BCUT2D eigenvalue weighted by Gasteiger charge is 2.15. The largest absolute Gasteiger partial charge is 0.492 e. The first-order chi connectivity index (χ1) is 12.1. The lowest BCUT2D eigenvalue weighted by atomic mass is 9.96. The van der Waals surface area contributed by atoms with Crippen LogP contribution < -0.4 is 15.4 Å². The normalized spacial score (nSPS) is 12.0. The van der Waals surface area contributed by atoms with Crippen molar-refractivity contribution in [2.75, 3.05) is 19.7 Å². The highest BCUT2D eigenvalue weighted by atomic mass is 35.5. The number of hydrogen-bond donors (Lipinski definition) is 2. The van der Waals surface area contributed by atoms with Gasteiger partial charge in [0.1, 0.15) is 12.4 Å². The molecule has 0 aromatic heterocycles. The Hall–Kier alpha value is -2.04. The Morgan fingerprint density at radius 3 is 2.40 bits per heavy atom. The van der Waals surface area contributed by atoms with E-state index in [1.165, 1.54) is 5.56 Å². The predicted molar refractivity (Wildman–Crippen MR) is 102 cm³/mol. The van der Waals surface area contributed by atoms with Gasteiger partial charge in [0.2, 0.25) is 5.91 Å². The molecule has 0 aliphatic heterocycles. The average molecular weight is 361 g/mol. The Kier molecular flexibility index (Phi) is 7.76. The van der Waals surface area contributed by atoms with Crippen molar-refractivity contribution in [2.45, 2.75) is 19.9 Å². The van der Waals surface area contributed by atoms with Gasteiger partial charge < -0.3 is 15.4 Å². The molecule has 0 saturated heterocycles. The minimum atomic E-state index is -0.0405. The third-order valence-corrected chi connectivity index (χ3v) is 4.07. The molecular weight excluding hydrogens is 336 g/mol. The molecule has 0 aliphatic carbocycles. The van der Waals surface area contributed by atoms with Gasteiger partial charge in [0.25, 0.3) is 0 Å². The van der Waals surface area contributed by atoms with E-state index in [1.807, 2.05) is 18.2 Å². The molecule has 4 nitrogen and oxygen atoms in total. The fourth-order valence-electron chi connectivity index (χ4n) is 2.55. The SMILES string of the molecule is CC(C)[C@@H](NCC(=O)NCCOc1ccc(Cl)cc1)c1ccccc1. The van der Waals surface area contributed by atoms with E-state index in [0.717, 1.165) is 5.75 Å². The van der Waals surface area contributed by atoms with Gasteiger partial charge in [-0.05, 0) is 35.7 Å². The van der Waals surface area contributed by atoms with E-state index < -0.39 is 0 Å². The van der Waals surface area contributed by atoms with Crippen LogP contribution in [0.1, 0.15) is 25.5 Å². The molecule has 0 saturated carbocycles. The molecule has 0 radical (unpaired) electrons. The van der Waals surface area contributed by atoms with Gasteiger partial charge in [0, 0.05) is 11.1 Å². The molecule has 134 valence electrons. The van der Waals surface area contributed by atoms with Crippen LogP contribution in [0.2, 0.25) is 5.02 Å². The predicted octanol–water partition coefficient (Wildman–Crippen LogP) is 3.82. The van der Waals surface area contributed by atoms with Crippen LogP contribution in [0.5, 0.6) is 5.75 Å². The molecule has 25 heavy (non-hydrogen) atoms. The maximum atomic E-state index is 12.0. The van der Waals surface area contributed by atoms with E-state index >= 15 is 0 Å². The summed E-state index contributed by atoms with van der Waals surface area (Å²) in [5.41, 5.74) is 1.19. The van der Waals surface area contributed by atoms with Crippen LogP contribution in [0.25, 0.3) is 0 Å². The van der Waals surface area contributed by atoms with Crippen molar-refractivity contribution < 1.29 is 9.53 Å². The van der Waals surface area contributed by atoms with Crippen LogP contribution in [0.15, 0.2) is 54.6 Å². The summed E-state index contributed by atoms with van der Waals surface area (Å²) in [6, 6.07) is 17.5. The fourth-order valence-corrected chi connectivity index (χ4v) is 2.68. The number of carbonyl (C=O) groups excluding carboxylic acids is 1. The second kappa shape index (κ2) is 10.1. The van der Waals surface area contributed by atoms with Crippen LogP contribution in [0, 0.1) is 5.92 Å². The maximum Gasteiger partial charge on any atom is 0.234 e. The number of benzene rings is 2. The van der Waals surface area contributed by atoms with Gasteiger partial charge in [-0.15, -0.1) is 0 Å². The minimum absolute atomic E-state index is 0.0405. The zero-order chi connectivity index (χ0) is 18.1. The summed E-state index contributed by atoms with van der Waals surface area (Å²) < 4.78 is 5.55. The molecule has 0 aliphatic rings. The Morgan fingerprint density at radius 1 is 1.08 bits per heavy atom. The molecule has 1 amide bonds. The van der Waals surface area contributed by atoms with E-state index in [4.69, 9.17) is 16.3 Å². The van der Waals surface area contributed by atoms with Crippen LogP contribution in [0.4, 0.5) is 0 Å². The molecule has 0 unspecified atom stereocenters. The van der Waals surface area contributed by atoms with Gasteiger partial charge >= 0.3 is 0 Å². The maximum absolute atomic E-state index is 12.0. The zero-order valence-corrected chi connectivity index (χ0v) is 15.4. The van der Waals surface area contributed by atoms with Crippen molar-refractivity contribution in [1.29, 1.82) is 0 Å². The lowest BCUT2D eigenvalue weighted by Crippen LogP contribution is -2.38. The Morgan fingerprint density at radius 2 is 1.76 bits per heavy atom. The summed E-state index contributed by atoms with van der Waals surface area (Å²) in [4.78, 5) is 12.0. The van der Waals surface area contributed by atoms with E-state index in [9.17, 15) is 4.79 Å². The van der Waals surface area contributed by atoms with Crippen molar-refractivity contribution in [3.8, 4) is 5.75 Å². The van der Waals surface area contributed by atoms with Crippen molar-refractivity contribution in [2.24, 2.45) is 5.92 Å². The number of ether oxygens (including phenoxy) is 1. The molecule has 2 aromatic carbocycles. The number of rotatable bonds is 9. The number of nitrogens with one attached hydrogen (secondary N) is 2. The van der Waals surface area contributed by atoms with Crippen molar-refractivity contribution in [3.05, 3.63) is 65.2 Å². The molecule has 0 spiro atoms. The van der Waals surface area contributed by atoms with Crippen LogP contribution in [-0.4, -0.2) is 25.6 Å². The van der Waals surface area contributed by atoms with Gasteiger partial charge in [-0.3, -0.25) is 4.79 Å². The van der Waals surface area contributed by atoms with Gasteiger partial charge in [-0.2, -0.15) is 0 Å². The number of carbonyl (C=O) groups is 1. The first kappa shape index (κ1) is 19.3. The molecule has 1 atom stereocenters. The second-order valence-corrected chi connectivity index (χ2v) is 6.60. The molecule has 5 heteroatoms. The quantitative estimate of drug-likeness (QED) is 0.668. The molecule has 0 bridgehead atoms. The van der Waals surface area contributed by atoms with Crippen LogP contribution >= 0.6 is 11.6 Å². The molecular formula is C20H25ClN2O2. The topological polar surface area (TPSA) is 50.4 Å². The van der Waals surface area contributed by atoms with Gasteiger partial charge in [-0.25, -0.2) is 0 Å². The van der Waals surface area contributed by atoms with Gasteiger partial charge in [-0.1, -0.05) is 55.8 Å². The smallest absolute Gasteiger partial charge is 0.234 e. The fraction of sp³-hybridized carbons (Fsp3) is 0.350. The summed E-state index contributed by atoms with van der Waals surface area (Å²) >= 11 is 5.82. The summed E-state index contributed by atoms with van der Waals surface area (Å²) in [6.45, 7) is 5.43. The van der Waals surface area contributed by atoms with Crippen molar-refractivity contribution in [1.82, 2.24) is 10.6 Å². The van der Waals surface area contributed by atoms with Crippen LogP contribution in [0.3, 0.4) is 0 Å². The number of amides is 1. The molecule has 2 aromatic rings. The van der Waals surface area contributed by atoms with Gasteiger partial charge in [0.05, 0.1) is 13.1 Å². The summed E-state index contributed by atoms with van der Waals surface area (Å²) in [6.07, 6.45) is 0. The van der Waals surface area contributed by atoms with Crippen molar-refractivity contribution in [3.63, 3.8) is 0 Å². The number of hydrogen-bond acceptors (Lipinski definition) is 3. The Labute approximate surface area is 154 Å². The van der Waals surface area contributed by atoms with E-state index in [2.05, 4.69) is 36.6 Å². The van der Waals surface area contributed by atoms with E-state index in [-0.39, 0.29) is 18.5 Å². The third kappa shape index (κ3) is 6.77. The van der Waals surface area contributed by atoms with Gasteiger partial charge in [0.15, 0.2) is 0 Å². The average Bonchev–Trinajstić information content (AvgIpc) is 2.61. The molecule has 2 rings (SSSR count). The van der Waals surface area contributed by atoms with Crippen molar-refractivity contribution >= 4 is 17.5 Å². The Balaban J connectivity index is 1.69. The van der Waals surface area contributed by atoms with Crippen LogP contribution in [-0.2, 0) is 4.79 Å². The lowest BCUT2D eigenvalue weighted by Gasteiger charge is -2.22. The minimum Gasteiger partial charge on any atom is -0.492 e. The highest BCUT2D eigenvalue weighted by molar-refractivity contribution is 6.30. The lowest BCUT2D eigenvalue weighted by molar-refractivity contribution is -0.120. The van der Waals surface area contributed by atoms with E-state index in [0.29, 0.717) is 24.1 Å². The highest BCUT2D eigenvalue weighted by Crippen LogP contribution is 2.20. The summed E-state index contributed by atoms with van der Waals surface area (Å²) in [5, 5.41) is 6.86. The molecule has 0 heterocycles. The summed E-state index contributed by atoms with van der Waals surface area (Å²) in [7, 11) is 0. The Bertz CT molecular complexity index is 645. The standard InChI is InChI=1S/C20H25ClN2O2/c1-15(2)20(16-6-4-3-5-7-16)23-14-19(24)22-12-13-25-18-10-8-17(21)9-11-18/h3-11,15,20,23H,12-14H2,1-2H3,(H,22,24)/t20-/m1/s1. The van der Waals surface area contributed by atoms with E-state index in [1.54, 1.807) is 24.3 Å². The zero-order valence-electron chi connectivity index (χ0n) is 14.7. The molecule has 0 fully saturated rings. The second-order valence-electron chi connectivity index (χ2n) is 6.17. The third-order valence-electron chi connectivity index (χ3n) is 3.81. The summed E-state index contributed by atoms with van der Waals surface area (Å²) in [5.74, 6) is 1.09. The first-order valence-corrected chi connectivity index (χ1v) is 8.87. The molecule has 2 N–H and O–H groups in total. The number of halogens is 1.